The average Bonchev–Trinajstić information content (AvgIpc) is 2.71. The monoisotopic (exact) mass is 379 g/mol. The molecule has 4 rings (SSSR count). The molecule has 1 aliphatic rings. The second-order valence-electron chi connectivity index (χ2n) is 6.81. The molecule has 0 aliphatic carbocycles. The fourth-order valence-corrected chi connectivity index (χ4v) is 3.46. The number of rotatable bonds is 4. The smallest absolute Gasteiger partial charge is 0.256 e. The molecule has 0 radical (unpaired) electrons. The molecule has 1 aromatic heterocycles. The lowest BCUT2D eigenvalue weighted by atomic mass is 9.99. The SMILES string of the molecule is O=C(Nc1ccc(F)c(F)c1)c1ccnc2c1CN(Cc1ccccc1)CC2. The minimum absolute atomic E-state index is 0.214. The normalized spacial score (nSPS) is 13.8. The highest BCUT2D eigenvalue weighted by Gasteiger charge is 2.23. The fraction of sp³-hybridized carbons (Fsp3) is 0.182. The van der Waals surface area contributed by atoms with E-state index in [1.165, 1.54) is 11.6 Å². The maximum absolute atomic E-state index is 13.4. The average molecular weight is 379 g/mol. The van der Waals surface area contributed by atoms with E-state index in [1.807, 2.05) is 18.2 Å². The molecule has 142 valence electrons. The molecular formula is C22H19F2N3O. The third-order valence-corrected chi connectivity index (χ3v) is 4.86. The first-order valence-electron chi connectivity index (χ1n) is 9.09. The number of halogens is 2. The number of benzene rings is 2. The van der Waals surface area contributed by atoms with Crippen LogP contribution in [0.3, 0.4) is 0 Å². The van der Waals surface area contributed by atoms with Crippen LogP contribution in [0.15, 0.2) is 60.8 Å². The molecule has 2 heterocycles. The first-order valence-corrected chi connectivity index (χ1v) is 9.09. The minimum Gasteiger partial charge on any atom is -0.322 e. The van der Waals surface area contributed by atoms with Gasteiger partial charge in [0.15, 0.2) is 11.6 Å². The molecule has 3 aromatic rings. The van der Waals surface area contributed by atoms with Crippen molar-refractivity contribution in [3.05, 3.63) is 94.8 Å². The number of pyridine rings is 1. The lowest BCUT2D eigenvalue weighted by Gasteiger charge is -2.29. The van der Waals surface area contributed by atoms with Crippen molar-refractivity contribution in [2.45, 2.75) is 19.5 Å². The largest absolute Gasteiger partial charge is 0.322 e. The molecule has 0 bridgehead atoms. The van der Waals surface area contributed by atoms with Crippen molar-refractivity contribution in [3.63, 3.8) is 0 Å². The molecule has 1 N–H and O–H groups in total. The summed E-state index contributed by atoms with van der Waals surface area (Å²) in [6.07, 6.45) is 2.38. The van der Waals surface area contributed by atoms with Gasteiger partial charge in [0.25, 0.3) is 5.91 Å². The molecule has 0 fully saturated rings. The Morgan fingerprint density at radius 2 is 1.89 bits per heavy atom. The van der Waals surface area contributed by atoms with Gasteiger partial charge in [-0.25, -0.2) is 8.78 Å². The molecular weight excluding hydrogens is 360 g/mol. The van der Waals surface area contributed by atoms with Gasteiger partial charge in [-0.1, -0.05) is 30.3 Å². The predicted octanol–water partition coefficient (Wildman–Crippen LogP) is 4.17. The number of aromatic nitrogens is 1. The van der Waals surface area contributed by atoms with Crippen molar-refractivity contribution in [3.8, 4) is 0 Å². The highest BCUT2D eigenvalue weighted by molar-refractivity contribution is 6.05. The summed E-state index contributed by atoms with van der Waals surface area (Å²) < 4.78 is 26.5. The van der Waals surface area contributed by atoms with E-state index in [0.29, 0.717) is 12.1 Å². The highest BCUT2D eigenvalue weighted by atomic mass is 19.2. The van der Waals surface area contributed by atoms with Gasteiger partial charge in [0.2, 0.25) is 0 Å². The van der Waals surface area contributed by atoms with Crippen molar-refractivity contribution in [1.82, 2.24) is 9.88 Å². The lowest BCUT2D eigenvalue weighted by Crippen LogP contribution is -2.32. The summed E-state index contributed by atoms with van der Waals surface area (Å²) in [5.41, 5.74) is 3.72. The van der Waals surface area contributed by atoms with E-state index in [4.69, 9.17) is 0 Å². The number of nitrogens with zero attached hydrogens (tertiary/aromatic N) is 2. The van der Waals surface area contributed by atoms with Crippen LogP contribution in [0.5, 0.6) is 0 Å². The van der Waals surface area contributed by atoms with E-state index < -0.39 is 11.6 Å². The van der Waals surface area contributed by atoms with Gasteiger partial charge in [-0.2, -0.15) is 0 Å². The van der Waals surface area contributed by atoms with Gasteiger partial charge in [0.05, 0.1) is 0 Å². The van der Waals surface area contributed by atoms with Gasteiger partial charge in [0.1, 0.15) is 0 Å². The van der Waals surface area contributed by atoms with Crippen molar-refractivity contribution in [2.75, 3.05) is 11.9 Å². The minimum atomic E-state index is -0.997. The van der Waals surface area contributed by atoms with E-state index in [9.17, 15) is 13.6 Å². The summed E-state index contributed by atoms with van der Waals surface area (Å²) in [6, 6.07) is 15.1. The van der Waals surface area contributed by atoms with Crippen LogP contribution < -0.4 is 5.32 Å². The Kier molecular flexibility index (Phi) is 5.12. The van der Waals surface area contributed by atoms with Gasteiger partial charge in [-0.15, -0.1) is 0 Å². The van der Waals surface area contributed by atoms with Crippen LogP contribution in [0.4, 0.5) is 14.5 Å². The number of carbonyl (C=O) groups is 1. The highest BCUT2D eigenvalue weighted by Crippen LogP contribution is 2.23. The molecule has 0 unspecified atom stereocenters. The third kappa shape index (κ3) is 3.92. The maximum atomic E-state index is 13.4. The standard InChI is InChI=1S/C22H19F2N3O/c23-19-7-6-16(12-20(19)24)26-22(28)17-8-10-25-21-9-11-27(14-18(17)21)13-15-4-2-1-3-5-15/h1-8,10,12H,9,11,13-14H2,(H,26,28). The van der Waals surface area contributed by atoms with E-state index in [2.05, 4.69) is 27.3 Å². The molecule has 2 aromatic carbocycles. The van der Waals surface area contributed by atoms with Gasteiger partial charge in [0, 0.05) is 60.8 Å². The molecule has 0 atom stereocenters. The maximum Gasteiger partial charge on any atom is 0.256 e. The van der Waals surface area contributed by atoms with Crippen LogP contribution in [0.1, 0.15) is 27.2 Å². The van der Waals surface area contributed by atoms with Crippen LogP contribution in [0, 0.1) is 11.6 Å². The zero-order chi connectivity index (χ0) is 19.5. The Balaban J connectivity index is 1.54. The van der Waals surface area contributed by atoms with Crippen molar-refractivity contribution in [1.29, 1.82) is 0 Å². The summed E-state index contributed by atoms with van der Waals surface area (Å²) in [4.78, 5) is 19.5. The summed E-state index contributed by atoms with van der Waals surface area (Å²) >= 11 is 0. The van der Waals surface area contributed by atoms with Crippen molar-refractivity contribution < 1.29 is 13.6 Å². The van der Waals surface area contributed by atoms with E-state index >= 15 is 0 Å². The quantitative estimate of drug-likeness (QED) is 0.740. The number of hydrogen-bond acceptors (Lipinski definition) is 3. The van der Waals surface area contributed by atoms with Gasteiger partial charge in [-0.3, -0.25) is 14.7 Å². The molecule has 1 amide bonds. The van der Waals surface area contributed by atoms with Gasteiger partial charge >= 0.3 is 0 Å². The number of amides is 1. The zero-order valence-corrected chi connectivity index (χ0v) is 15.2. The van der Waals surface area contributed by atoms with Gasteiger partial charge < -0.3 is 5.32 Å². The molecule has 4 nitrogen and oxygen atoms in total. The molecule has 0 saturated heterocycles. The molecule has 28 heavy (non-hydrogen) atoms. The van der Waals surface area contributed by atoms with Crippen molar-refractivity contribution >= 4 is 11.6 Å². The zero-order valence-electron chi connectivity index (χ0n) is 15.2. The second-order valence-corrected chi connectivity index (χ2v) is 6.81. The first-order chi connectivity index (χ1) is 13.6. The number of nitrogens with one attached hydrogen (secondary N) is 1. The molecule has 1 aliphatic heterocycles. The predicted molar refractivity (Wildman–Crippen MR) is 103 cm³/mol. The Morgan fingerprint density at radius 3 is 2.68 bits per heavy atom. The van der Waals surface area contributed by atoms with E-state index in [-0.39, 0.29) is 11.6 Å². The summed E-state index contributed by atoms with van der Waals surface area (Å²) in [5, 5.41) is 2.65. The summed E-state index contributed by atoms with van der Waals surface area (Å²) in [7, 11) is 0. The topological polar surface area (TPSA) is 45.2 Å². The van der Waals surface area contributed by atoms with Crippen LogP contribution in [0.2, 0.25) is 0 Å². The Hall–Kier alpha value is -3.12. The van der Waals surface area contributed by atoms with Crippen LogP contribution in [0.25, 0.3) is 0 Å². The fourth-order valence-electron chi connectivity index (χ4n) is 3.46. The number of hydrogen-bond donors (Lipinski definition) is 1. The summed E-state index contributed by atoms with van der Waals surface area (Å²) in [6.45, 7) is 2.27. The van der Waals surface area contributed by atoms with Crippen molar-refractivity contribution in [2.24, 2.45) is 0 Å². The first kappa shape index (κ1) is 18.3. The number of fused-ring (bicyclic) bond motifs is 1. The molecule has 6 heteroatoms. The van der Waals surface area contributed by atoms with Gasteiger partial charge in [-0.05, 0) is 23.8 Å². The Morgan fingerprint density at radius 1 is 1.07 bits per heavy atom. The van der Waals surface area contributed by atoms with E-state index in [0.717, 1.165) is 42.9 Å². The lowest BCUT2D eigenvalue weighted by molar-refractivity contribution is 0.102. The van der Waals surface area contributed by atoms with Crippen LogP contribution >= 0.6 is 0 Å². The molecule has 0 spiro atoms. The number of carbonyl (C=O) groups excluding carboxylic acids is 1. The molecule has 0 saturated carbocycles. The number of anilines is 1. The van der Waals surface area contributed by atoms with Crippen LogP contribution in [-0.2, 0) is 19.5 Å². The third-order valence-electron chi connectivity index (χ3n) is 4.86. The Labute approximate surface area is 161 Å². The second kappa shape index (κ2) is 7.86. The summed E-state index contributed by atoms with van der Waals surface area (Å²) in [5.74, 6) is -2.30. The van der Waals surface area contributed by atoms with Crippen LogP contribution in [-0.4, -0.2) is 22.3 Å². The Bertz CT molecular complexity index is 1010. The van der Waals surface area contributed by atoms with E-state index in [1.54, 1.807) is 12.3 Å².